The Bertz CT molecular complexity index is 493. The van der Waals surface area contributed by atoms with Crippen molar-refractivity contribution in [3.05, 3.63) is 28.2 Å². The van der Waals surface area contributed by atoms with Gasteiger partial charge in [0.15, 0.2) is 0 Å². The van der Waals surface area contributed by atoms with E-state index in [1.165, 1.54) is 0 Å². The molecule has 0 aliphatic heterocycles. The minimum atomic E-state index is -1.05. The van der Waals surface area contributed by atoms with Crippen LogP contribution in [0, 0.1) is 0 Å². The lowest BCUT2D eigenvalue weighted by molar-refractivity contribution is -0.142. The van der Waals surface area contributed by atoms with Crippen molar-refractivity contribution in [2.45, 2.75) is 25.8 Å². The predicted molar refractivity (Wildman–Crippen MR) is 76.4 cm³/mol. The van der Waals surface area contributed by atoms with Crippen molar-refractivity contribution >= 4 is 35.1 Å². The number of amides is 1. The van der Waals surface area contributed by atoms with E-state index in [1.54, 1.807) is 25.1 Å². The maximum atomic E-state index is 11.5. The molecule has 0 heterocycles. The van der Waals surface area contributed by atoms with E-state index < -0.39 is 12.0 Å². The summed E-state index contributed by atoms with van der Waals surface area (Å²) >= 11 is 11.6. The molecule has 2 N–H and O–H groups in total. The maximum Gasteiger partial charge on any atom is 0.326 e. The van der Waals surface area contributed by atoms with Crippen LogP contribution in [0.25, 0.3) is 0 Å². The molecule has 0 fully saturated rings. The zero-order chi connectivity index (χ0) is 15.1. The highest BCUT2D eigenvalue weighted by atomic mass is 35.5. The highest BCUT2D eigenvalue weighted by Gasteiger charge is 2.17. The highest BCUT2D eigenvalue weighted by Crippen LogP contribution is 2.26. The molecular formula is C13H15Cl2NO4. The van der Waals surface area contributed by atoms with Crippen LogP contribution in [0.15, 0.2) is 18.2 Å². The molecule has 0 aliphatic rings. The fraction of sp³-hybridized carbons (Fsp3) is 0.385. The molecule has 7 heteroatoms. The Hall–Kier alpha value is -1.46. The summed E-state index contributed by atoms with van der Waals surface area (Å²) < 4.78 is 5.34. The lowest BCUT2D eigenvalue weighted by atomic mass is 10.2. The number of aliphatic carboxylic acids is 1. The van der Waals surface area contributed by atoms with Crippen LogP contribution in [0.5, 0.6) is 5.75 Å². The van der Waals surface area contributed by atoms with Crippen molar-refractivity contribution in [1.29, 1.82) is 0 Å². The number of carbonyl (C=O) groups is 2. The summed E-state index contributed by atoms with van der Waals surface area (Å²) in [5, 5.41) is 12.0. The molecule has 1 aromatic carbocycles. The summed E-state index contributed by atoms with van der Waals surface area (Å²) in [5.74, 6) is -0.928. The van der Waals surface area contributed by atoms with Gasteiger partial charge in [-0.1, -0.05) is 30.1 Å². The molecule has 5 nitrogen and oxygen atoms in total. The molecule has 0 aliphatic carbocycles. The number of rotatable bonds is 7. The fourth-order valence-corrected chi connectivity index (χ4v) is 1.72. The second kappa shape index (κ2) is 7.97. The van der Waals surface area contributed by atoms with Crippen LogP contribution in [0.1, 0.15) is 19.8 Å². The standard InChI is InChI=1S/C13H15Cl2NO4/c1-2-11(13(18)19)16-12(17)5-6-20-8-3-4-9(14)10(15)7-8/h3-4,7,11H,2,5-6H2,1H3,(H,16,17)(H,18,19)/t11-/m0/s1. The molecule has 0 aromatic heterocycles. The molecule has 0 unspecified atom stereocenters. The summed E-state index contributed by atoms with van der Waals surface area (Å²) in [6.07, 6.45) is 0.388. The lowest BCUT2D eigenvalue weighted by Crippen LogP contribution is -2.40. The van der Waals surface area contributed by atoms with Crippen molar-refractivity contribution in [3.63, 3.8) is 0 Å². The maximum absolute atomic E-state index is 11.5. The zero-order valence-electron chi connectivity index (χ0n) is 10.9. The van der Waals surface area contributed by atoms with E-state index in [0.29, 0.717) is 22.2 Å². The van der Waals surface area contributed by atoms with E-state index in [-0.39, 0.29) is 18.9 Å². The molecule has 0 bridgehead atoms. The number of halogens is 2. The van der Waals surface area contributed by atoms with Gasteiger partial charge in [0.25, 0.3) is 0 Å². The summed E-state index contributed by atoms with van der Waals surface area (Å²) in [6.45, 7) is 1.81. The first-order valence-corrected chi connectivity index (χ1v) is 6.79. The van der Waals surface area contributed by atoms with Crippen LogP contribution in [0.4, 0.5) is 0 Å². The second-order valence-electron chi connectivity index (χ2n) is 4.04. The topological polar surface area (TPSA) is 75.6 Å². The third kappa shape index (κ3) is 5.27. The van der Waals surface area contributed by atoms with Gasteiger partial charge in [0.05, 0.1) is 23.1 Å². The number of carboxylic acids is 1. The van der Waals surface area contributed by atoms with Crippen molar-refractivity contribution < 1.29 is 19.4 Å². The Balaban J connectivity index is 2.38. The monoisotopic (exact) mass is 319 g/mol. The average Bonchev–Trinajstić information content (AvgIpc) is 2.39. The second-order valence-corrected chi connectivity index (χ2v) is 4.86. The van der Waals surface area contributed by atoms with Crippen LogP contribution in [-0.2, 0) is 9.59 Å². The van der Waals surface area contributed by atoms with E-state index in [4.69, 9.17) is 33.0 Å². The van der Waals surface area contributed by atoms with E-state index in [0.717, 1.165) is 0 Å². The van der Waals surface area contributed by atoms with E-state index in [2.05, 4.69) is 5.32 Å². The molecule has 110 valence electrons. The Morgan fingerprint density at radius 1 is 1.35 bits per heavy atom. The van der Waals surface area contributed by atoms with Crippen LogP contribution in [0.2, 0.25) is 10.0 Å². The van der Waals surface area contributed by atoms with Gasteiger partial charge >= 0.3 is 5.97 Å². The van der Waals surface area contributed by atoms with Crippen molar-refractivity contribution in [2.24, 2.45) is 0 Å². The van der Waals surface area contributed by atoms with Crippen molar-refractivity contribution in [1.82, 2.24) is 5.32 Å². The van der Waals surface area contributed by atoms with Crippen LogP contribution >= 0.6 is 23.2 Å². The van der Waals surface area contributed by atoms with Crippen LogP contribution in [-0.4, -0.2) is 29.6 Å². The van der Waals surface area contributed by atoms with Gasteiger partial charge in [-0.05, 0) is 18.6 Å². The van der Waals surface area contributed by atoms with Gasteiger partial charge in [-0.25, -0.2) is 4.79 Å². The third-order valence-electron chi connectivity index (χ3n) is 2.53. The predicted octanol–water partition coefficient (Wildman–Crippen LogP) is 2.74. The number of carbonyl (C=O) groups excluding carboxylic acids is 1. The molecule has 0 spiro atoms. The number of nitrogens with one attached hydrogen (secondary N) is 1. The van der Waals surface area contributed by atoms with Crippen molar-refractivity contribution in [3.8, 4) is 5.75 Å². The molecule has 0 saturated carbocycles. The Morgan fingerprint density at radius 3 is 2.60 bits per heavy atom. The average molecular weight is 320 g/mol. The number of hydrogen-bond acceptors (Lipinski definition) is 3. The summed E-state index contributed by atoms with van der Waals surface area (Å²) in [4.78, 5) is 22.3. The van der Waals surface area contributed by atoms with Gasteiger partial charge in [-0.2, -0.15) is 0 Å². The molecule has 1 amide bonds. The van der Waals surface area contributed by atoms with Gasteiger partial charge in [0.1, 0.15) is 11.8 Å². The Morgan fingerprint density at radius 2 is 2.05 bits per heavy atom. The number of benzene rings is 1. The van der Waals surface area contributed by atoms with Crippen LogP contribution < -0.4 is 10.1 Å². The minimum absolute atomic E-state index is 0.0595. The van der Waals surface area contributed by atoms with Gasteiger partial charge in [-0.3, -0.25) is 4.79 Å². The zero-order valence-corrected chi connectivity index (χ0v) is 12.4. The molecule has 1 rings (SSSR count). The van der Waals surface area contributed by atoms with E-state index >= 15 is 0 Å². The number of ether oxygens (including phenoxy) is 1. The molecule has 0 saturated heterocycles. The summed E-state index contributed by atoms with van der Waals surface area (Å²) in [7, 11) is 0. The Kier molecular flexibility index (Phi) is 6.61. The Labute approximate surface area is 126 Å². The number of hydrogen-bond donors (Lipinski definition) is 2. The normalized spacial score (nSPS) is 11.8. The lowest BCUT2D eigenvalue weighted by Gasteiger charge is -2.12. The van der Waals surface area contributed by atoms with Gasteiger partial charge in [0, 0.05) is 6.07 Å². The first kappa shape index (κ1) is 16.6. The van der Waals surface area contributed by atoms with E-state index in [1.807, 2.05) is 0 Å². The minimum Gasteiger partial charge on any atom is -0.493 e. The van der Waals surface area contributed by atoms with Crippen LogP contribution in [0.3, 0.4) is 0 Å². The first-order chi connectivity index (χ1) is 9.43. The quantitative estimate of drug-likeness (QED) is 0.810. The molecular weight excluding hydrogens is 305 g/mol. The van der Waals surface area contributed by atoms with Crippen molar-refractivity contribution in [2.75, 3.05) is 6.61 Å². The first-order valence-electron chi connectivity index (χ1n) is 6.04. The largest absolute Gasteiger partial charge is 0.493 e. The van der Waals surface area contributed by atoms with Gasteiger partial charge < -0.3 is 15.2 Å². The van der Waals surface area contributed by atoms with Gasteiger partial charge in [0.2, 0.25) is 5.91 Å². The molecule has 0 radical (unpaired) electrons. The summed E-state index contributed by atoms with van der Waals surface area (Å²) in [6, 6.07) is 3.91. The third-order valence-corrected chi connectivity index (χ3v) is 3.27. The molecule has 1 atom stereocenters. The van der Waals surface area contributed by atoms with Gasteiger partial charge in [-0.15, -0.1) is 0 Å². The fourth-order valence-electron chi connectivity index (χ4n) is 1.43. The number of carboxylic acid groups (broad SMARTS) is 1. The summed E-state index contributed by atoms with van der Waals surface area (Å²) in [5.41, 5.74) is 0. The molecule has 1 aromatic rings. The highest BCUT2D eigenvalue weighted by molar-refractivity contribution is 6.42. The SMILES string of the molecule is CC[C@H](NC(=O)CCOc1ccc(Cl)c(Cl)c1)C(=O)O. The van der Waals surface area contributed by atoms with E-state index in [9.17, 15) is 9.59 Å². The smallest absolute Gasteiger partial charge is 0.326 e. The molecule has 20 heavy (non-hydrogen) atoms.